The number of aromatic nitrogens is 1. The van der Waals surface area contributed by atoms with Crippen LogP contribution in [0.1, 0.15) is 23.7 Å². The minimum Gasteiger partial charge on any atom is -0.338 e. The molecule has 3 rings (SSSR count). The average molecular weight is 240 g/mol. The lowest BCUT2D eigenvalue weighted by Crippen LogP contribution is -2.28. The van der Waals surface area contributed by atoms with Crippen LogP contribution in [0.3, 0.4) is 0 Å². The molecule has 1 fully saturated rings. The van der Waals surface area contributed by atoms with Gasteiger partial charge in [0.25, 0.3) is 5.91 Å². The second-order valence-electron chi connectivity index (χ2n) is 5.05. The van der Waals surface area contributed by atoms with Gasteiger partial charge in [-0.05, 0) is 29.9 Å². The molecule has 0 N–H and O–H groups in total. The molecular formula is C15H16N2O. The number of likely N-dealkylation sites (tertiary alicyclic amines) is 1. The number of fused-ring (bicyclic) bond motifs is 1. The molecule has 1 aromatic carbocycles. The van der Waals surface area contributed by atoms with Crippen molar-refractivity contribution in [1.82, 2.24) is 9.88 Å². The maximum atomic E-state index is 12.5. The first-order valence-electron chi connectivity index (χ1n) is 6.38. The number of benzene rings is 1. The topological polar surface area (TPSA) is 33.2 Å². The lowest BCUT2D eigenvalue weighted by atomic mass is 10.1. The Labute approximate surface area is 106 Å². The van der Waals surface area contributed by atoms with Crippen LogP contribution in [-0.4, -0.2) is 28.9 Å². The summed E-state index contributed by atoms with van der Waals surface area (Å²) >= 11 is 0. The molecule has 1 aromatic heterocycles. The maximum absolute atomic E-state index is 12.5. The van der Waals surface area contributed by atoms with E-state index in [0.717, 1.165) is 35.8 Å². The summed E-state index contributed by atoms with van der Waals surface area (Å²) in [6, 6.07) is 7.75. The van der Waals surface area contributed by atoms with Crippen molar-refractivity contribution in [3.63, 3.8) is 0 Å². The van der Waals surface area contributed by atoms with Crippen LogP contribution in [0.15, 0.2) is 36.7 Å². The molecule has 1 unspecified atom stereocenters. The number of carbonyl (C=O) groups is 1. The number of carbonyl (C=O) groups excluding carboxylic acids is 1. The number of hydrogen-bond donors (Lipinski definition) is 0. The molecule has 2 aromatic rings. The lowest BCUT2D eigenvalue weighted by Gasteiger charge is -2.17. The molecule has 0 radical (unpaired) electrons. The van der Waals surface area contributed by atoms with E-state index in [1.807, 2.05) is 29.2 Å². The number of amides is 1. The number of hydrogen-bond acceptors (Lipinski definition) is 2. The predicted molar refractivity (Wildman–Crippen MR) is 71.4 cm³/mol. The van der Waals surface area contributed by atoms with E-state index < -0.39 is 0 Å². The van der Waals surface area contributed by atoms with Crippen LogP contribution < -0.4 is 0 Å². The van der Waals surface area contributed by atoms with Gasteiger partial charge < -0.3 is 4.90 Å². The van der Waals surface area contributed by atoms with E-state index in [9.17, 15) is 4.79 Å². The highest BCUT2D eigenvalue weighted by Crippen LogP contribution is 2.22. The van der Waals surface area contributed by atoms with Gasteiger partial charge in [-0.25, -0.2) is 0 Å². The Bertz CT molecular complexity index is 589. The van der Waals surface area contributed by atoms with Gasteiger partial charge in [0.15, 0.2) is 0 Å². The zero-order valence-corrected chi connectivity index (χ0v) is 10.5. The van der Waals surface area contributed by atoms with Gasteiger partial charge in [-0.2, -0.15) is 0 Å². The molecule has 0 aliphatic carbocycles. The third kappa shape index (κ3) is 1.86. The van der Waals surface area contributed by atoms with Crippen LogP contribution >= 0.6 is 0 Å². The second kappa shape index (κ2) is 4.41. The van der Waals surface area contributed by atoms with Gasteiger partial charge in [-0.3, -0.25) is 9.78 Å². The van der Waals surface area contributed by atoms with Gasteiger partial charge in [0, 0.05) is 36.4 Å². The van der Waals surface area contributed by atoms with Gasteiger partial charge in [0.1, 0.15) is 0 Å². The first kappa shape index (κ1) is 11.2. The van der Waals surface area contributed by atoms with Gasteiger partial charge >= 0.3 is 0 Å². The lowest BCUT2D eigenvalue weighted by molar-refractivity contribution is 0.0790. The minimum atomic E-state index is 0.149. The molecule has 1 saturated heterocycles. The van der Waals surface area contributed by atoms with Crippen LogP contribution in [0.2, 0.25) is 0 Å². The number of pyridine rings is 1. The second-order valence-corrected chi connectivity index (χ2v) is 5.05. The Kier molecular flexibility index (Phi) is 2.74. The summed E-state index contributed by atoms with van der Waals surface area (Å²) in [5, 5.41) is 2.02. The van der Waals surface area contributed by atoms with E-state index in [2.05, 4.69) is 11.9 Å². The molecule has 18 heavy (non-hydrogen) atoms. The summed E-state index contributed by atoms with van der Waals surface area (Å²) < 4.78 is 0. The van der Waals surface area contributed by atoms with Crippen molar-refractivity contribution in [3.8, 4) is 0 Å². The van der Waals surface area contributed by atoms with E-state index in [-0.39, 0.29) is 5.91 Å². The summed E-state index contributed by atoms with van der Waals surface area (Å²) in [5.41, 5.74) is 0.795. The van der Waals surface area contributed by atoms with Crippen molar-refractivity contribution in [3.05, 3.63) is 42.2 Å². The van der Waals surface area contributed by atoms with Crippen molar-refractivity contribution in [2.75, 3.05) is 13.1 Å². The molecule has 1 amide bonds. The van der Waals surface area contributed by atoms with E-state index in [1.165, 1.54) is 0 Å². The summed E-state index contributed by atoms with van der Waals surface area (Å²) in [4.78, 5) is 18.6. The molecule has 0 spiro atoms. The highest BCUT2D eigenvalue weighted by Gasteiger charge is 2.24. The van der Waals surface area contributed by atoms with Gasteiger partial charge in [0.05, 0.1) is 0 Å². The Morgan fingerprint density at radius 2 is 2.28 bits per heavy atom. The van der Waals surface area contributed by atoms with E-state index >= 15 is 0 Å². The summed E-state index contributed by atoms with van der Waals surface area (Å²) in [6.45, 7) is 3.95. The highest BCUT2D eigenvalue weighted by molar-refractivity contribution is 6.06. The fourth-order valence-corrected chi connectivity index (χ4v) is 2.60. The van der Waals surface area contributed by atoms with Gasteiger partial charge in [-0.15, -0.1) is 0 Å². The summed E-state index contributed by atoms with van der Waals surface area (Å²) in [6.07, 6.45) is 4.66. The Morgan fingerprint density at radius 1 is 1.39 bits per heavy atom. The molecular weight excluding hydrogens is 224 g/mol. The molecule has 92 valence electrons. The molecule has 1 atom stereocenters. The highest BCUT2D eigenvalue weighted by atomic mass is 16.2. The smallest absolute Gasteiger partial charge is 0.254 e. The van der Waals surface area contributed by atoms with Crippen molar-refractivity contribution < 1.29 is 4.79 Å². The molecule has 2 heterocycles. The minimum absolute atomic E-state index is 0.149. The van der Waals surface area contributed by atoms with Crippen molar-refractivity contribution >= 4 is 16.7 Å². The standard InChI is InChI=1S/C15H16N2O/c1-11-6-8-17(10-11)15(18)14-4-2-3-12-9-16-7-5-13(12)14/h2-5,7,9,11H,6,8,10H2,1H3. The summed E-state index contributed by atoms with van der Waals surface area (Å²) in [7, 11) is 0. The Balaban J connectivity index is 2.01. The fourth-order valence-electron chi connectivity index (χ4n) is 2.60. The Morgan fingerprint density at radius 3 is 3.06 bits per heavy atom. The number of nitrogens with zero attached hydrogens (tertiary/aromatic N) is 2. The quantitative estimate of drug-likeness (QED) is 0.768. The van der Waals surface area contributed by atoms with Crippen LogP contribution in [0.5, 0.6) is 0 Å². The van der Waals surface area contributed by atoms with Crippen LogP contribution in [0.25, 0.3) is 10.8 Å². The third-order valence-electron chi connectivity index (χ3n) is 3.62. The molecule has 1 aliphatic rings. The van der Waals surface area contributed by atoms with Gasteiger partial charge in [0.2, 0.25) is 0 Å². The molecule has 1 aliphatic heterocycles. The normalized spacial score (nSPS) is 19.4. The largest absolute Gasteiger partial charge is 0.338 e. The van der Waals surface area contributed by atoms with E-state index in [4.69, 9.17) is 0 Å². The third-order valence-corrected chi connectivity index (χ3v) is 3.62. The fraction of sp³-hybridized carbons (Fsp3) is 0.333. The van der Waals surface area contributed by atoms with Crippen LogP contribution in [0.4, 0.5) is 0 Å². The zero-order valence-electron chi connectivity index (χ0n) is 10.5. The first-order valence-corrected chi connectivity index (χ1v) is 6.38. The SMILES string of the molecule is CC1CCN(C(=O)c2cccc3cnccc23)C1. The zero-order chi connectivity index (χ0) is 12.5. The Hall–Kier alpha value is -1.90. The van der Waals surface area contributed by atoms with Crippen molar-refractivity contribution in [2.24, 2.45) is 5.92 Å². The predicted octanol–water partition coefficient (Wildman–Crippen LogP) is 2.72. The van der Waals surface area contributed by atoms with E-state index in [1.54, 1.807) is 12.4 Å². The van der Waals surface area contributed by atoms with Crippen LogP contribution in [-0.2, 0) is 0 Å². The molecule has 3 heteroatoms. The molecule has 0 bridgehead atoms. The van der Waals surface area contributed by atoms with E-state index in [0.29, 0.717) is 5.92 Å². The molecule has 3 nitrogen and oxygen atoms in total. The van der Waals surface area contributed by atoms with Gasteiger partial charge in [-0.1, -0.05) is 19.1 Å². The van der Waals surface area contributed by atoms with Crippen LogP contribution in [0, 0.1) is 5.92 Å². The first-order chi connectivity index (χ1) is 8.75. The monoisotopic (exact) mass is 240 g/mol. The number of rotatable bonds is 1. The van der Waals surface area contributed by atoms with Crippen molar-refractivity contribution in [1.29, 1.82) is 0 Å². The summed E-state index contributed by atoms with van der Waals surface area (Å²) in [5.74, 6) is 0.766. The van der Waals surface area contributed by atoms with Crippen molar-refractivity contribution in [2.45, 2.75) is 13.3 Å². The molecule has 0 saturated carbocycles. The maximum Gasteiger partial charge on any atom is 0.254 e. The average Bonchev–Trinajstić information content (AvgIpc) is 2.84.